The molecule has 0 radical (unpaired) electrons. The Morgan fingerprint density at radius 3 is 2.30 bits per heavy atom. The monoisotopic (exact) mass is 420 g/mol. The largest absolute Gasteiger partial charge is 0.458 e. The Labute approximate surface area is 179 Å². The predicted octanol–water partition coefficient (Wildman–Crippen LogP) is 3.33. The minimum atomic E-state index is -0.788. The van der Waals surface area contributed by atoms with Gasteiger partial charge in [-0.05, 0) is 57.1 Å². The van der Waals surface area contributed by atoms with E-state index in [9.17, 15) is 19.8 Å². The minimum Gasteiger partial charge on any atom is -0.458 e. The van der Waals surface area contributed by atoms with Crippen molar-refractivity contribution in [1.82, 2.24) is 0 Å². The molecule has 0 heterocycles. The zero-order valence-electron chi connectivity index (χ0n) is 18.9. The lowest BCUT2D eigenvalue weighted by Crippen LogP contribution is -2.45. The summed E-state index contributed by atoms with van der Waals surface area (Å²) in [5.41, 5.74) is 2.74. The zero-order chi connectivity index (χ0) is 22.7. The first-order valence-electron chi connectivity index (χ1n) is 10.6. The summed E-state index contributed by atoms with van der Waals surface area (Å²) in [4.78, 5) is 23.6. The first-order chi connectivity index (χ1) is 13.9. The summed E-state index contributed by atoms with van der Waals surface area (Å²) in [6.45, 7) is 14.3. The third-order valence-corrected chi connectivity index (χ3v) is 6.48. The molecule has 0 unspecified atom stereocenters. The number of hydrogen-bond donors (Lipinski definition) is 2. The molecule has 2 N–H and O–H groups in total. The minimum absolute atomic E-state index is 0.00132. The van der Waals surface area contributed by atoms with Crippen molar-refractivity contribution in [3.05, 3.63) is 35.5 Å². The average Bonchev–Trinajstić information content (AvgIpc) is 2.98. The summed E-state index contributed by atoms with van der Waals surface area (Å²) in [5, 5.41) is 22.1. The van der Waals surface area contributed by atoms with Crippen LogP contribution in [0.15, 0.2) is 35.5 Å². The lowest BCUT2D eigenvalue weighted by molar-refractivity contribution is -0.169. The third-order valence-electron chi connectivity index (χ3n) is 6.48. The molecule has 0 aliphatic heterocycles. The highest BCUT2D eigenvalue weighted by molar-refractivity contribution is 5.67. The van der Waals surface area contributed by atoms with Crippen LogP contribution in [0.3, 0.4) is 0 Å². The van der Waals surface area contributed by atoms with Crippen LogP contribution in [0.4, 0.5) is 0 Å². The van der Waals surface area contributed by atoms with E-state index in [2.05, 4.69) is 12.7 Å². The van der Waals surface area contributed by atoms with E-state index in [1.165, 1.54) is 13.8 Å². The van der Waals surface area contributed by atoms with Gasteiger partial charge < -0.3 is 19.7 Å². The quantitative estimate of drug-likeness (QED) is 0.506. The van der Waals surface area contributed by atoms with Gasteiger partial charge in [-0.2, -0.15) is 0 Å². The van der Waals surface area contributed by atoms with Crippen LogP contribution in [0.2, 0.25) is 0 Å². The molecule has 168 valence electrons. The molecular formula is C24H36O6. The number of rotatable bonds is 6. The van der Waals surface area contributed by atoms with Gasteiger partial charge in [0.1, 0.15) is 6.10 Å². The number of ether oxygens (including phenoxy) is 2. The van der Waals surface area contributed by atoms with Crippen LogP contribution in [-0.4, -0.2) is 46.6 Å². The van der Waals surface area contributed by atoms with E-state index in [-0.39, 0.29) is 23.7 Å². The molecule has 2 rings (SSSR count). The van der Waals surface area contributed by atoms with Gasteiger partial charge in [0.05, 0.1) is 12.2 Å². The number of fused-ring (bicyclic) bond motifs is 1. The molecule has 6 heteroatoms. The topological polar surface area (TPSA) is 93.1 Å². The van der Waals surface area contributed by atoms with Crippen molar-refractivity contribution < 1.29 is 29.3 Å². The molecule has 6 nitrogen and oxygen atoms in total. The van der Waals surface area contributed by atoms with Crippen LogP contribution >= 0.6 is 0 Å². The van der Waals surface area contributed by atoms with Crippen molar-refractivity contribution in [3.8, 4) is 0 Å². The Kier molecular flexibility index (Phi) is 8.06. The summed E-state index contributed by atoms with van der Waals surface area (Å²) in [6.07, 6.45) is 1.86. The zero-order valence-corrected chi connectivity index (χ0v) is 18.9. The van der Waals surface area contributed by atoms with E-state index in [0.717, 1.165) is 23.1 Å². The van der Waals surface area contributed by atoms with Gasteiger partial charge in [-0.25, -0.2) is 0 Å². The number of hydrogen-bond acceptors (Lipinski definition) is 6. The molecule has 0 bridgehead atoms. The van der Waals surface area contributed by atoms with Crippen molar-refractivity contribution in [2.24, 2.45) is 23.7 Å². The van der Waals surface area contributed by atoms with Gasteiger partial charge in [-0.1, -0.05) is 30.7 Å². The predicted molar refractivity (Wildman–Crippen MR) is 114 cm³/mol. The van der Waals surface area contributed by atoms with E-state index in [4.69, 9.17) is 9.47 Å². The molecule has 2 aliphatic carbocycles. The normalized spacial score (nSPS) is 31.5. The van der Waals surface area contributed by atoms with Crippen molar-refractivity contribution >= 4 is 11.9 Å². The van der Waals surface area contributed by atoms with Gasteiger partial charge in [0.15, 0.2) is 6.10 Å². The second-order valence-electron chi connectivity index (χ2n) is 9.05. The molecule has 0 saturated heterocycles. The molecule has 0 aromatic heterocycles. The second kappa shape index (κ2) is 9.92. The van der Waals surface area contributed by atoms with Crippen LogP contribution < -0.4 is 0 Å². The Morgan fingerprint density at radius 2 is 1.77 bits per heavy atom. The average molecular weight is 421 g/mol. The van der Waals surface area contributed by atoms with Crippen molar-refractivity contribution in [1.29, 1.82) is 0 Å². The van der Waals surface area contributed by atoms with Gasteiger partial charge in [-0.15, -0.1) is 0 Å². The molecule has 0 amide bonds. The number of esters is 2. The molecule has 0 spiro atoms. The standard InChI is InChI=1S/C24H36O6/c1-12(2)10-21(29-16(6)25)24(30-17(7)26)15(5)19-11-20(27)14(4)18-9-8-13(3)22(18)23(19)28/h8,10,15,18-24,27-28H,4,9,11H2,1-3,5-7H3/t15-,18+,19+,20-,21+,22-,23-,24+/m1/s1. The molecule has 0 aromatic rings. The summed E-state index contributed by atoms with van der Waals surface area (Å²) in [7, 11) is 0. The number of carbonyl (C=O) groups excluding carboxylic acids is 2. The molecule has 1 saturated carbocycles. The highest BCUT2D eigenvalue weighted by atomic mass is 16.6. The smallest absolute Gasteiger partial charge is 0.303 e. The fourth-order valence-electron chi connectivity index (χ4n) is 5.01. The van der Waals surface area contributed by atoms with E-state index >= 15 is 0 Å². The maximum atomic E-state index is 11.9. The first-order valence-corrected chi connectivity index (χ1v) is 10.6. The van der Waals surface area contributed by atoms with Gasteiger partial charge in [-0.3, -0.25) is 9.59 Å². The van der Waals surface area contributed by atoms with Crippen LogP contribution in [0.5, 0.6) is 0 Å². The van der Waals surface area contributed by atoms with Crippen LogP contribution in [0.1, 0.15) is 54.4 Å². The van der Waals surface area contributed by atoms with E-state index in [1.807, 2.05) is 27.7 Å². The number of aliphatic hydroxyl groups excluding tert-OH is 2. The van der Waals surface area contributed by atoms with E-state index in [1.54, 1.807) is 6.08 Å². The van der Waals surface area contributed by atoms with Crippen LogP contribution in [0.25, 0.3) is 0 Å². The molecule has 30 heavy (non-hydrogen) atoms. The number of allylic oxidation sites excluding steroid dienone is 2. The lowest BCUT2D eigenvalue weighted by atomic mass is 9.75. The molecule has 0 aromatic carbocycles. The molecule has 2 aliphatic rings. The highest BCUT2D eigenvalue weighted by Crippen LogP contribution is 2.47. The van der Waals surface area contributed by atoms with Gasteiger partial charge in [0.25, 0.3) is 0 Å². The Hall–Kier alpha value is -1.92. The third kappa shape index (κ3) is 5.41. The molecular weight excluding hydrogens is 384 g/mol. The second-order valence-corrected chi connectivity index (χ2v) is 9.05. The Balaban J connectivity index is 2.43. The summed E-state index contributed by atoms with van der Waals surface area (Å²) in [5.74, 6) is -1.85. The summed E-state index contributed by atoms with van der Waals surface area (Å²) >= 11 is 0. The van der Waals surface area contributed by atoms with E-state index in [0.29, 0.717) is 6.42 Å². The fourth-order valence-corrected chi connectivity index (χ4v) is 5.01. The van der Waals surface area contributed by atoms with Crippen molar-refractivity contribution in [2.75, 3.05) is 0 Å². The number of aliphatic hydroxyl groups is 2. The van der Waals surface area contributed by atoms with Gasteiger partial charge >= 0.3 is 11.9 Å². The van der Waals surface area contributed by atoms with Gasteiger partial charge in [0.2, 0.25) is 0 Å². The fraction of sp³-hybridized carbons (Fsp3) is 0.667. The van der Waals surface area contributed by atoms with Crippen LogP contribution in [0, 0.1) is 23.7 Å². The summed E-state index contributed by atoms with van der Waals surface area (Å²) < 4.78 is 11.1. The number of carbonyl (C=O) groups is 2. The van der Waals surface area contributed by atoms with Gasteiger partial charge in [0, 0.05) is 25.7 Å². The maximum Gasteiger partial charge on any atom is 0.303 e. The van der Waals surface area contributed by atoms with Crippen LogP contribution in [-0.2, 0) is 19.1 Å². The highest BCUT2D eigenvalue weighted by Gasteiger charge is 2.48. The SMILES string of the molecule is C=C1[C@H](O)C[C@@H]([C@@H](C)[C@H](OC(C)=O)[C@H](C=C(C)C)OC(C)=O)[C@@H](O)[C@@H]2C(C)=CC[C@@H]12. The first kappa shape index (κ1) is 24.4. The van der Waals surface area contributed by atoms with Crippen molar-refractivity contribution in [3.63, 3.8) is 0 Å². The Morgan fingerprint density at radius 1 is 1.17 bits per heavy atom. The molecule has 1 fully saturated rings. The Bertz CT molecular complexity index is 732. The van der Waals surface area contributed by atoms with E-state index < -0.39 is 36.4 Å². The maximum absolute atomic E-state index is 11.9. The molecule has 8 atom stereocenters. The lowest BCUT2D eigenvalue weighted by Gasteiger charge is -2.38. The summed E-state index contributed by atoms with van der Waals surface area (Å²) in [6, 6.07) is 0. The van der Waals surface area contributed by atoms with Crippen molar-refractivity contribution in [2.45, 2.75) is 78.8 Å².